The molecule has 0 spiro atoms. The van der Waals surface area contributed by atoms with Gasteiger partial charge in [0.05, 0.1) is 0 Å². The maximum Gasteiger partial charge on any atom is 0.324 e. The number of anilines is 1. The van der Waals surface area contributed by atoms with Crippen LogP contribution in [0, 0.1) is 0 Å². The highest BCUT2D eigenvalue weighted by atomic mass is 35.5. The standard InChI is InChI=1S/C16H18Cl2N4O2/c1-10(2)14-19-16(24-20-14)22-5-3-21(4-6-22)15(23)11-7-12(17)9-13(18)8-11/h7-10H,3-6H2,1-2H3. The van der Waals surface area contributed by atoms with E-state index in [4.69, 9.17) is 27.7 Å². The fourth-order valence-electron chi connectivity index (χ4n) is 2.55. The highest BCUT2D eigenvalue weighted by Gasteiger charge is 2.25. The third kappa shape index (κ3) is 3.65. The van der Waals surface area contributed by atoms with Crippen LogP contribution in [0.25, 0.3) is 0 Å². The van der Waals surface area contributed by atoms with Crippen LogP contribution in [0.5, 0.6) is 0 Å². The Morgan fingerprint density at radius 3 is 2.29 bits per heavy atom. The number of amides is 1. The molecule has 0 unspecified atom stereocenters. The molecule has 0 atom stereocenters. The Hall–Kier alpha value is -1.79. The minimum absolute atomic E-state index is 0.0764. The van der Waals surface area contributed by atoms with Gasteiger partial charge in [0.1, 0.15) is 0 Å². The summed E-state index contributed by atoms with van der Waals surface area (Å²) in [5, 5.41) is 4.88. The normalized spacial score (nSPS) is 15.2. The molecule has 0 bridgehead atoms. The van der Waals surface area contributed by atoms with Crippen molar-refractivity contribution in [2.75, 3.05) is 31.1 Å². The molecule has 0 radical (unpaired) electrons. The molecule has 1 saturated heterocycles. The molecule has 24 heavy (non-hydrogen) atoms. The first-order chi connectivity index (χ1) is 11.4. The van der Waals surface area contributed by atoms with Crippen molar-refractivity contribution < 1.29 is 9.32 Å². The van der Waals surface area contributed by atoms with Gasteiger partial charge in [0.15, 0.2) is 5.82 Å². The molecule has 3 rings (SSSR count). The fourth-order valence-corrected chi connectivity index (χ4v) is 3.08. The van der Waals surface area contributed by atoms with E-state index in [1.165, 1.54) is 0 Å². The largest absolute Gasteiger partial charge is 0.335 e. The van der Waals surface area contributed by atoms with Gasteiger partial charge < -0.3 is 14.3 Å². The molecule has 1 amide bonds. The third-order valence-corrected chi connectivity index (χ3v) is 4.33. The van der Waals surface area contributed by atoms with Gasteiger partial charge in [0, 0.05) is 47.7 Å². The van der Waals surface area contributed by atoms with Crippen LogP contribution in [-0.4, -0.2) is 47.1 Å². The lowest BCUT2D eigenvalue weighted by Crippen LogP contribution is -2.49. The van der Waals surface area contributed by atoms with E-state index in [0.29, 0.717) is 53.6 Å². The summed E-state index contributed by atoms with van der Waals surface area (Å²) in [5.41, 5.74) is 0.501. The molecule has 1 aromatic carbocycles. The third-order valence-electron chi connectivity index (χ3n) is 3.89. The Bertz CT molecular complexity index is 719. The van der Waals surface area contributed by atoms with Crippen molar-refractivity contribution >= 4 is 35.1 Å². The van der Waals surface area contributed by atoms with E-state index in [-0.39, 0.29) is 11.8 Å². The number of aromatic nitrogens is 2. The molecule has 128 valence electrons. The quantitative estimate of drug-likeness (QED) is 0.829. The van der Waals surface area contributed by atoms with E-state index in [0.717, 1.165) is 0 Å². The zero-order valence-corrected chi connectivity index (χ0v) is 15.0. The lowest BCUT2D eigenvalue weighted by atomic mass is 10.2. The molecule has 0 aliphatic carbocycles. The van der Waals surface area contributed by atoms with Gasteiger partial charge >= 0.3 is 6.01 Å². The van der Waals surface area contributed by atoms with Crippen LogP contribution in [0.1, 0.15) is 35.9 Å². The van der Waals surface area contributed by atoms with Gasteiger partial charge in [-0.1, -0.05) is 42.2 Å². The molecule has 1 fully saturated rings. The second-order valence-electron chi connectivity index (χ2n) is 6.03. The summed E-state index contributed by atoms with van der Waals surface area (Å²) < 4.78 is 5.30. The van der Waals surface area contributed by atoms with E-state index in [9.17, 15) is 4.79 Å². The molecule has 8 heteroatoms. The first kappa shape index (κ1) is 17.0. The zero-order valence-electron chi connectivity index (χ0n) is 13.5. The number of rotatable bonds is 3. The van der Waals surface area contributed by atoms with E-state index < -0.39 is 0 Å². The van der Waals surface area contributed by atoms with E-state index in [2.05, 4.69) is 10.1 Å². The Kier molecular flexibility index (Phi) is 4.96. The van der Waals surface area contributed by atoms with Crippen LogP contribution < -0.4 is 4.90 Å². The van der Waals surface area contributed by atoms with Crippen LogP contribution in [0.3, 0.4) is 0 Å². The van der Waals surface area contributed by atoms with Gasteiger partial charge in [-0.05, 0) is 18.2 Å². The minimum atomic E-state index is -0.0764. The maximum atomic E-state index is 12.6. The molecule has 1 aliphatic heterocycles. The van der Waals surface area contributed by atoms with Crippen molar-refractivity contribution in [3.8, 4) is 0 Å². The van der Waals surface area contributed by atoms with Crippen LogP contribution in [0.15, 0.2) is 22.7 Å². The van der Waals surface area contributed by atoms with Gasteiger partial charge in [-0.3, -0.25) is 4.79 Å². The number of carbonyl (C=O) groups is 1. The summed E-state index contributed by atoms with van der Waals surface area (Å²) in [5.74, 6) is 0.836. The van der Waals surface area contributed by atoms with Crippen molar-refractivity contribution in [3.63, 3.8) is 0 Å². The number of carbonyl (C=O) groups excluding carboxylic acids is 1. The molecular weight excluding hydrogens is 351 g/mol. The summed E-state index contributed by atoms with van der Waals surface area (Å²) in [6, 6.07) is 5.39. The predicted octanol–water partition coefficient (Wildman–Crippen LogP) is 3.46. The van der Waals surface area contributed by atoms with Crippen molar-refractivity contribution in [1.82, 2.24) is 15.0 Å². The number of benzene rings is 1. The summed E-state index contributed by atoms with van der Waals surface area (Å²) in [6.07, 6.45) is 0. The summed E-state index contributed by atoms with van der Waals surface area (Å²) >= 11 is 11.9. The van der Waals surface area contributed by atoms with Crippen molar-refractivity contribution in [2.45, 2.75) is 19.8 Å². The predicted molar refractivity (Wildman–Crippen MR) is 93.0 cm³/mol. The molecular formula is C16H18Cl2N4O2. The summed E-state index contributed by atoms with van der Waals surface area (Å²) in [7, 11) is 0. The first-order valence-electron chi connectivity index (χ1n) is 7.78. The average Bonchev–Trinajstić information content (AvgIpc) is 3.03. The second kappa shape index (κ2) is 6.99. The molecule has 2 aromatic rings. The van der Waals surface area contributed by atoms with E-state index in [1.807, 2.05) is 18.7 Å². The SMILES string of the molecule is CC(C)c1noc(N2CCN(C(=O)c3cc(Cl)cc(Cl)c3)CC2)n1. The smallest absolute Gasteiger partial charge is 0.324 e. The van der Waals surface area contributed by atoms with Gasteiger partial charge in [0.2, 0.25) is 0 Å². The highest BCUT2D eigenvalue weighted by Crippen LogP contribution is 2.22. The number of piperazine rings is 1. The van der Waals surface area contributed by atoms with Crippen molar-refractivity contribution in [1.29, 1.82) is 0 Å². The van der Waals surface area contributed by atoms with Crippen LogP contribution in [-0.2, 0) is 0 Å². The van der Waals surface area contributed by atoms with Crippen LogP contribution in [0.2, 0.25) is 10.0 Å². The Morgan fingerprint density at radius 2 is 1.75 bits per heavy atom. The molecule has 1 aliphatic rings. The van der Waals surface area contributed by atoms with Crippen LogP contribution in [0.4, 0.5) is 6.01 Å². The maximum absolute atomic E-state index is 12.6. The number of halogens is 2. The molecule has 0 saturated carbocycles. The number of hydrogen-bond donors (Lipinski definition) is 0. The number of nitrogens with zero attached hydrogens (tertiary/aromatic N) is 4. The lowest BCUT2D eigenvalue weighted by Gasteiger charge is -2.33. The highest BCUT2D eigenvalue weighted by molar-refractivity contribution is 6.35. The van der Waals surface area contributed by atoms with E-state index in [1.54, 1.807) is 23.1 Å². The molecule has 6 nitrogen and oxygen atoms in total. The van der Waals surface area contributed by atoms with Gasteiger partial charge in [-0.2, -0.15) is 4.98 Å². The number of hydrogen-bond acceptors (Lipinski definition) is 5. The lowest BCUT2D eigenvalue weighted by molar-refractivity contribution is 0.0744. The van der Waals surface area contributed by atoms with Gasteiger partial charge in [-0.15, -0.1) is 0 Å². The summed E-state index contributed by atoms with van der Waals surface area (Å²) in [4.78, 5) is 20.7. The van der Waals surface area contributed by atoms with Crippen molar-refractivity contribution in [2.24, 2.45) is 0 Å². The Balaban J connectivity index is 1.64. The Morgan fingerprint density at radius 1 is 1.12 bits per heavy atom. The van der Waals surface area contributed by atoms with E-state index >= 15 is 0 Å². The zero-order chi connectivity index (χ0) is 17.3. The topological polar surface area (TPSA) is 62.5 Å². The fraction of sp³-hybridized carbons (Fsp3) is 0.438. The van der Waals surface area contributed by atoms with Crippen molar-refractivity contribution in [3.05, 3.63) is 39.6 Å². The van der Waals surface area contributed by atoms with Gasteiger partial charge in [0.25, 0.3) is 5.91 Å². The van der Waals surface area contributed by atoms with Crippen LogP contribution >= 0.6 is 23.2 Å². The second-order valence-corrected chi connectivity index (χ2v) is 6.90. The molecule has 2 heterocycles. The average molecular weight is 369 g/mol. The molecule has 1 aromatic heterocycles. The Labute approximate surface area is 150 Å². The monoisotopic (exact) mass is 368 g/mol. The summed E-state index contributed by atoms with van der Waals surface area (Å²) in [6.45, 7) is 6.45. The first-order valence-corrected chi connectivity index (χ1v) is 8.53. The molecule has 0 N–H and O–H groups in total. The van der Waals surface area contributed by atoms with Gasteiger partial charge in [-0.25, -0.2) is 0 Å². The minimum Gasteiger partial charge on any atom is -0.335 e.